The first-order valence-electron chi connectivity index (χ1n) is 9.29. The van der Waals surface area contributed by atoms with E-state index in [0.29, 0.717) is 11.1 Å². The SMILES string of the molecule is CC(CC(C)(C)C)OC(=O)c1ccc(C(=O)OC(C)CC(C)(C)C)cc1. The summed E-state index contributed by atoms with van der Waals surface area (Å²) in [6.45, 7) is 16.4. The van der Waals surface area contributed by atoms with Crippen LogP contribution in [-0.2, 0) is 9.47 Å². The third kappa shape index (κ3) is 8.50. The lowest BCUT2D eigenvalue weighted by Gasteiger charge is -2.23. The second-order valence-corrected chi connectivity index (χ2v) is 9.54. The normalized spacial score (nSPS) is 14.5. The molecule has 0 amide bonds. The highest BCUT2D eigenvalue weighted by Gasteiger charge is 2.21. The summed E-state index contributed by atoms with van der Waals surface area (Å²) in [5.41, 5.74) is 1.06. The number of ether oxygens (including phenoxy) is 2. The Kier molecular flexibility index (Phi) is 7.43. The first-order chi connectivity index (χ1) is 11.8. The van der Waals surface area contributed by atoms with Crippen molar-refractivity contribution in [2.75, 3.05) is 0 Å². The maximum Gasteiger partial charge on any atom is 0.338 e. The Balaban J connectivity index is 2.64. The van der Waals surface area contributed by atoms with Gasteiger partial charge < -0.3 is 9.47 Å². The largest absolute Gasteiger partial charge is 0.459 e. The van der Waals surface area contributed by atoms with Gasteiger partial charge in [-0.25, -0.2) is 9.59 Å². The Labute approximate surface area is 158 Å². The monoisotopic (exact) mass is 362 g/mol. The molecule has 0 aliphatic heterocycles. The zero-order valence-corrected chi connectivity index (χ0v) is 17.5. The van der Waals surface area contributed by atoms with Crippen LogP contribution in [0.2, 0.25) is 0 Å². The van der Waals surface area contributed by atoms with Crippen LogP contribution in [0.15, 0.2) is 24.3 Å². The summed E-state index contributed by atoms with van der Waals surface area (Å²) in [6.07, 6.45) is 1.25. The molecule has 1 aromatic rings. The molecule has 0 N–H and O–H groups in total. The van der Waals surface area contributed by atoms with Crippen LogP contribution < -0.4 is 0 Å². The van der Waals surface area contributed by atoms with Crippen molar-refractivity contribution >= 4 is 11.9 Å². The van der Waals surface area contributed by atoms with Crippen LogP contribution in [0.1, 0.15) is 88.9 Å². The molecule has 0 aromatic heterocycles. The smallest absolute Gasteiger partial charge is 0.338 e. The lowest BCUT2D eigenvalue weighted by atomic mass is 9.90. The lowest BCUT2D eigenvalue weighted by molar-refractivity contribution is 0.0236. The van der Waals surface area contributed by atoms with Crippen molar-refractivity contribution in [2.24, 2.45) is 10.8 Å². The summed E-state index contributed by atoms with van der Waals surface area (Å²) in [7, 11) is 0. The summed E-state index contributed by atoms with van der Waals surface area (Å²) in [6, 6.07) is 6.43. The van der Waals surface area contributed by atoms with Crippen LogP contribution in [0.4, 0.5) is 0 Å². The summed E-state index contributed by atoms with van der Waals surface area (Å²) in [4.78, 5) is 24.4. The van der Waals surface area contributed by atoms with Crippen molar-refractivity contribution in [3.05, 3.63) is 35.4 Å². The number of rotatable bonds is 6. The highest BCUT2D eigenvalue weighted by atomic mass is 16.5. The average molecular weight is 363 g/mol. The van der Waals surface area contributed by atoms with Gasteiger partial charge in [0.25, 0.3) is 0 Å². The minimum absolute atomic E-state index is 0.0943. The summed E-state index contributed by atoms with van der Waals surface area (Å²) in [5, 5.41) is 0. The Hall–Kier alpha value is -1.84. The number of esters is 2. The molecule has 0 radical (unpaired) electrons. The van der Waals surface area contributed by atoms with Gasteiger partial charge in [-0.3, -0.25) is 0 Å². The highest BCUT2D eigenvalue weighted by molar-refractivity contribution is 5.93. The lowest BCUT2D eigenvalue weighted by Crippen LogP contribution is -2.22. The van der Waals surface area contributed by atoms with Gasteiger partial charge in [0.2, 0.25) is 0 Å². The molecule has 1 rings (SSSR count). The van der Waals surface area contributed by atoms with Gasteiger partial charge in [-0.1, -0.05) is 41.5 Å². The molecule has 0 heterocycles. The molecule has 0 fully saturated rings. The topological polar surface area (TPSA) is 52.6 Å². The fourth-order valence-corrected chi connectivity index (χ4v) is 3.05. The third-order valence-electron chi connectivity index (χ3n) is 3.77. The molecule has 1 aromatic carbocycles. The molecule has 2 unspecified atom stereocenters. The van der Waals surface area contributed by atoms with Gasteiger partial charge in [-0.15, -0.1) is 0 Å². The molecule has 0 spiro atoms. The Morgan fingerprint density at radius 3 is 1.23 bits per heavy atom. The van der Waals surface area contributed by atoms with E-state index in [1.54, 1.807) is 24.3 Å². The van der Waals surface area contributed by atoms with Crippen LogP contribution in [0.25, 0.3) is 0 Å². The van der Waals surface area contributed by atoms with Crippen molar-refractivity contribution < 1.29 is 19.1 Å². The molecular weight excluding hydrogens is 328 g/mol. The fraction of sp³-hybridized carbons (Fsp3) is 0.636. The van der Waals surface area contributed by atoms with E-state index in [1.165, 1.54) is 0 Å². The second kappa shape index (κ2) is 8.70. The highest BCUT2D eigenvalue weighted by Crippen LogP contribution is 2.24. The number of carbonyl (C=O) groups excluding carboxylic acids is 2. The van der Waals surface area contributed by atoms with Crippen LogP contribution >= 0.6 is 0 Å². The Bertz CT molecular complexity index is 548. The van der Waals surface area contributed by atoms with Crippen molar-refractivity contribution in [1.82, 2.24) is 0 Å². The standard InChI is InChI=1S/C22H34O4/c1-15(13-21(3,4)5)25-19(23)17-9-11-18(12-10-17)20(24)26-16(2)14-22(6,7)8/h9-12,15-16H,13-14H2,1-8H3. The van der Waals surface area contributed by atoms with Gasteiger partial charge in [0.05, 0.1) is 23.3 Å². The van der Waals surface area contributed by atoms with Gasteiger partial charge >= 0.3 is 11.9 Å². The van der Waals surface area contributed by atoms with E-state index in [2.05, 4.69) is 41.5 Å². The number of carbonyl (C=O) groups is 2. The minimum Gasteiger partial charge on any atom is -0.459 e. The summed E-state index contributed by atoms with van der Waals surface area (Å²) >= 11 is 0. The van der Waals surface area contributed by atoms with E-state index in [-0.39, 0.29) is 35.0 Å². The van der Waals surface area contributed by atoms with Crippen molar-refractivity contribution in [2.45, 2.75) is 80.4 Å². The number of benzene rings is 1. The van der Waals surface area contributed by atoms with Crippen LogP contribution in [0.5, 0.6) is 0 Å². The van der Waals surface area contributed by atoms with E-state index in [0.717, 1.165) is 12.8 Å². The first-order valence-corrected chi connectivity index (χ1v) is 9.29. The minimum atomic E-state index is -0.372. The molecule has 4 heteroatoms. The average Bonchev–Trinajstić information content (AvgIpc) is 2.43. The molecule has 0 bridgehead atoms. The molecular formula is C22H34O4. The quantitative estimate of drug-likeness (QED) is 0.614. The van der Waals surface area contributed by atoms with E-state index in [1.807, 2.05) is 13.8 Å². The van der Waals surface area contributed by atoms with E-state index >= 15 is 0 Å². The van der Waals surface area contributed by atoms with Crippen molar-refractivity contribution in [3.63, 3.8) is 0 Å². The van der Waals surface area contributed by atoms with Crippen LogP contribution in [0.3, 0.4) is 0 Å². The Morgan fingerprint density at radius 1 is 0.731 bits per heavy atom. The zero-order valence-electron chi connectivity index (χ0n) is 17.5. The molecule has 26 heavy (non-hydrogen) atoms. The van der Waals surface area contributed by atoms with Gasteiger partial charge in [0.1, 0.15) is 0 Å². The molecule has 0 aliphatic carbocycles. The number of hydrogen-bond acceptors (Lipinski definition) is 4. The van der Waals surface area contributed by atoms with Crippen LogP contribution in [0, 0.1) is 10.8 Å². The summed E-state index contributed by atoms with van der Waals surface area (Å²) < 4.78 is 11.0. The van der Waals surface area contributed by atoms with Crippen molar-refractivity contribution in [3.8, 4) is 0 Å². The van der Waals surface area contributed by atoms with Gasteiger partial charge in [-0.2, -0.15) is 0 Å². The third-order valence-corrected chi connectivity index (χ3v) is 3.77. The Morgan fingerprint density at radius 2 is 1.00 bits per heavy atom. The van der Waals surface area contributed by atoms with E-state index in [9.17, 15) is 9.59 Å². The molecule has 0 saturated heterocycles. The van der Waals surface area contributed by atoms with Gasteiger partial charge in [0.15, 0.2) is 0 Å². The van der Waals surface area contributed by atoms with Crippen molar-refractivity contribution in [1.29, 1.82) is 0 Å². The summed E-state index contributed by atoms with van der Waals surface area (Å²) in [5.74, 6) is -0.745. The van der Waals surface area contributed by atoms with Crippen LogP contribution in [-0.4, -0.2) is 24.1 Å². The molecule has 146 valence electrons. The second-order valence-electron chi connectivity index (χ2n) is 9.54. The maximum absolute atomic E-state index is 12.2. The number of hydrogen-bond donors (Lipinski definition) is 0. The predicted molar refractivity (Wildman–Crippen MR) is 104 cm³/mol. The molecule has 0 saturated carbocycles. The first kappa shape index (κ1) is 22.2. The predicted octanol–water partition coefficient (Wildman–Crippen LogP) is 5.65. The van der Waals surface area contributed by atoms with E-state index in [4.69, 9.17) is 9.47 Å². The van der Waals surface area contributed by atoms with Gasteiger partial charge in [-0.05, 0) is 61.8 Å². The maximum atomic E-state index is 12.2. The van der Waals surface area contributed by atoms with Gasteiger partial charge in [0, 0.05) is 0 Å². The molecule has 2 atom stereocenters. The fourth-order valence-electron chi connectivity index (χ4n) is 3.05. The molecule has 0 aliphatic rings. The van der Waals surface area contributed by atoms with E-state index < -0.39 is 0 Å². The zero-order chi connectivity index (χ0) is 20.1. The molecule has 4 nitrogen and oxygen atoms in total.